The minimum Gasteiger partial charge on any atom is -0.491 e. The summed E-state index contributed by atoms with van der Waals surface area (Å²) < 4.78 is 10.9. The summed E-state index contributed by atoms with van der Waals surface area (Å²) in [6, 6.07) is 8.44. The van der Waals surface area contributed by atoms with E-state index < -0.39 is 0 Å². The fourth-order valence-electron chi connectivity index (χ4n) is 4.25. The topological polar surface area (TPSA) is 56.5 Å². The molecule has 0 saturated heterocycles. The Morgan fingerprint density at radius 2 is 2.10 bits per heavy atom. The van der Waals surface area contributed by atoms with E-state index in [1.54, 1.807) is 7.11 Å². The molecule has 0 spiro atoms. The molecule has 2 bridgehead atoms. The van der Waals surface area contributed by atoms with Gasteiger partial charge in [0.25, 0.3) is 0 Å². The highest BCUT2D eigenvalue weighted by Gasteiger charge is 2.43. The molecule has 4 nitrogen and oxygen atoms in total. The lowest BCUT2D eigenvalue weighted by Crippen LogP contribution is -2.36. The summed E-state index contributed by atoms with van der Waals surface area (Å²) in [5.41, 5.74) is 4.25. The van der Waals surface area contributed by atoms with E-state index >= 15 is 0 Å². The van der Waals surface area contributed by atoms with Crippen LogP contribution in [0.3, 0.4) is 0 Å². The van der Waals surface area contributed by atoms with Crippen molar-refractivity contribution < 1.29 is 9.47 Å². The summed E-state index contributed by atoms with van der Waals surface area (Å²) in [5, 5.41) is 0. The van der Waals surface area contributed by atoms with Crippen LogP contribution in [0, 0.1) is 17.8 Å². The van der Waals surface area contributed by atoms with E-state index in [9.17, 15) is 0 Å². The van der Waals surface area contributed by atoms with Gasteiger partial charge in [-0.15, -0.1) is 0 Å². The second-order valence-corrected chi connectivity index (χ2v) is 6.36. The lowest BCUT2D eigenvalue weighted by Gasteiger charge is -2.31. The zero-order valence-electron chi connectivity index (χ0n) is 12.8. The molecule has 0 amide bonds. The highest BCUT2D eigenvalue weighted by atomic mass is 16.5. The van der Waals surface area contributed by atoms with Crippen molar-refractivity contribution in [3.63, 3.8) is 0 Å². The van der Waals surface area contributed by atoms with E-state index in [1.165, 1.54) is 31.2 Å². The summed E-state index contributed by atoms with van der Waals surface area (Å²) in [6.07, 6.45) is 5.45. The van der Waals surface area contributed by atoms with Gasteiger partial charge in [0, 0.05) is 12.7 Å². The van der Waals surface area contributed by atoms with Crippen molar-refractivity contribution in [3.05, 3.63) is 29.8 Å². The number of ether oxygens (including phenoxy) is 2. The molecule has 2 aliphatic rings. The van der Waals surface area contributed by atoms with Crippen LogP contribution in [-0.2, 0) is 4.74 Å². The molecule has 0 aromatic heterocycles. The first-order valence-electron chi connectivity index (χ1n) is 8.00. The molecule has 4 atom stereocenters. The van der Waals surface area contributed by atoms with Crippen molar-refractivity contribution in [1.29, 1.82) is 0 Å². The van der Waals surface area contributed by atoms with E-state index in [4.69, 9.17) is 15.3 Å². The zero-order valence-corrected chi connectivity index (χ0v) is 12.8. The van der Waals surface area contributed by atoms with Gasteiger partial charge in [-0.1, -0.05) is 24.6 Å². The van der Waals surface area contributed by atoms with Crippen LogP contribution in [0.25, 0.3) is 0 Å². The Hall–Kier alpha value is -1.10. The summed E-state index contributed by atoms with van der Waals surface area (Å²) in [6.45, 7) is 1.17. The van der Waals surface area contributed by atoms with Crippen LogP contribution in [0.15, 0.2) is 24.3 Å². The Morgan fingerprint density at radius 1 is 1.24 bits per heavy atom. The van der Waals surface area contributed by atoms with Gasteiger partial charge in [-0.2, -0.15) is 0 Å². The number of fused-ring (bicyclic) bond motifs is 2. The smallest absolute Gasteiger partial charge is 0.124 e. The van der Waals surface area contributed by atoms with Crippen molar-refractivity contribution in [2.45, 2.75) is 31.7 Å². The normalized spacial score (nSPS) is 28.8. The molecule has 4 unspecified atom stereocenters. The predicted molar refractivity (Wildman–Crippen MR) is 82.8 cm³/mol. The molecule has 0 radical (unpaired) electrons. The van der Waals surface area contributed by atoms with Gasteiger partial charge < -0.3 is 9.47 Å². The van der Waals surface area contributed by atoms with Crippen LogP contribution in [0.5, 0.6) is 5.75 Å². The Morgan fingerprint density at radius 3 is 2.76 bits per heavy atom. The first kappa shape index (κ1) is 14.8. The molecule has 2 saturated carbocycles. The highest BCUT2D eigenvalue weighted by Crippen LogP contribution is 2.53. The van der Waals surface area contributed by atoms with Gasteiger partial charge in [0.2, 0.25) is 0 Å². The summed E-state index contributed by atoms with van der Waals surface area (Å²) >= 11 is 0. The second kappa shape index (κ2) is 6.77. The van der Waals surface area contributed by atoms with Crippen LogP contribution in [0.4, 0.5) is 0 Å². The monoisotopic (exact) mass is 290 g/mol. The Labute approximate surface area is 127 Å². The summed E-state index contributed by atoms with van der Waals surface area (Å²) in [7, 11) is 1.69. The molecule has 21 heavy (non-hydrogen) atoms. The van der Waals surface area contributed by atoms with Crippen LogP contribution >= 0.6 is 0 Å². The van der Waals surface area contributed by atoms with Crippen LogP contribution < -0.4 is 16.0 Å². The molecule has 1 aromatic rings. The van der Waals surface area contributed by atoms with Crippen molar-refractivity contribution in [2.75, 3.05) is 20.3 Å². The van der Waals surface area contributed by atoms with E-state index in [0.717, 1.165) is 17.6 Å². The summed E-state index contributed by atoms with van der Waals surface area (Å²) in [5.74, 6) is 9.22. The van der Waals surface area contributed by atoms with Crippen molar-refractivity contribution in [3.8, 4) is 5.75 Å². The second-order valence-electron chi connectivity index (χ2n) is 6.36. The quantitative estimate of drug-likeness (QED) is 0.460. The lowest BCUT2D eigenvalue weighted by atomic mass is 9.80. The Balaban J connectivity index is 1.77. The van der Waals surface area contributed by atoms with Crippen LogP contribution in [0.1, 0.15) is 37.3 Å². The van der Waals surface area contributed by atoms with Crippen molar-refractivity contribution >= 4 is 0 Å². The third kappa shape index (κ3) is 3.07. The van der Waals surface area contributed by atoms with Gasteiger partial charge in [0.1, 0.15) is 12.4 Å². The van der Waals surface area contributed by atoms with Gasteiger partial charge in [-0.3, -0.25) is 11.3 Å². The fourth-order valence-corrected chi connectivity index (χ4v) is 4.25. The summed E-state index contributed by atoms with van der Waals surface area (Å²) in [4.78, 5) is 0. The van der Waals surface area contributed by atoms with Crippen LogP contribution in [0.2, 0.25) is 0 Å². The fraction of sp³-hybridized carbons (Fsp3) is 0.647. The molecule has 0 aliphatic heterocycles. The number of hydrogen-bond acceptors (Lipinski definition) is 4. The third-order valence-electron chi connectivity index (χ3n) is 5.20. The molecule has 3 rings (SSSR count). The molecule has 4 heteroatoms. The number of rotatable bonds is 7. The van der Waals surface area contributed by atoms with Crippen molar-refractivity contribution in [2.24, 2.45) is 23.6 Å². The largest absolute Gasteiger partial charge is 0.491 e. The first-order chi connectivity index (χ1) is 10.3. The van der Waals surface area contributed by atoms with Gasteiger partial charge in [-0.05, 0) is 43.1 Å². The molecular formula is C17H26N2O2. The molecular weight excluding hydrogens is 264 g/mol. The Bertz CT molecular complexity index is 466. The first-order valence-corrected chi connectivity index (χ1v) is 8.00. The maximum Gasteiger partial charge on any atom is 0.124 e. The third-order valence-corrected chi connectivity index (χ3v) is 5.20. The average molecular weight is 290 g/mol. The Kier molecular flexibility index (Phi) is 4.78. The molecule has 0 heterocycles. The van der Waals surface area contributed by atoms with Crippen molar-refractivity contribution in [1.82, 2.24) is 5.43 Å². The number of benzene rings is 1. The standard InChI is InChI=1S/C17H26N2O2/c1-20-8-9-21-16-5-3-2-4-14(16)17(19-18)15-11-12-6-7-13(15)10-12/h2-5,12-13,15,17,19H,6-11,18H2,1H3. The number of methoxy groups -OCH3 is 1. The van der Waals surface area contributed by atoms with Gasteiger partial charge >= 0.3 is 0 Å². The molecule has 1 aromatic carbocycles. The minimum atomic E-state index is 0.194. The maximum absolute atomic E-state index is 5.91. The predicted octanol–water partition coefficient (Wildman–Crippen LogP) is 2.65. The van der Waals surface area contributed by atoms with E-state index in [1.807, 2.05) is 12.1 Å². The molecule has 3 N–H and O–H groups in total. The highest BCUT2D eigenvalue weighted by molar-refractivity contribution is 5.36. The molecule has 116 valence electrons. The van der Waals surface area contributed by atoms with Gasteiger partial charge in [0.05, 0.1) is 12.6 Å². The maximum atomic E-state index is 5.91. The number of hydrogen-bond donors (Lipinski definition) is 2. The number of hydrazine groups is 1. The number of para-hydroxylation sites is 1. The van der Waals surface area contributed by atoms with Gasteiger partial charge in [-0.25, -0.2) is 0 Å². The SMILES string of the molecule is COCCOc1ccccc1C(NN)C1CC2CCC1C2. The van der Waals surface area contributed by atoms with Crippen LogP contribution in [-0.4, -0.2) is 20.3 Å². The minimum absolute atomic E-state index is 0.194. The number of nitrogens with two attached hydrogens (primary N) is 1. The van der Waals surface area contributed by atoms with E-state index in [0.29, 0.717) is 19.1 Å². The zero-order chi connectivity index (χ0) is 14.7. The van der Waals surface area contributed by atoms with E-state index in [-0.39, 0.29) is 6.04 Å². The van der Waals surface area contributed by atoms with E-state index in [2.05, 4.69) is 17.6 Å². The molecule has 2 fully saturated rings. The van der Waals surface area contributed by atoms with Gasteiger partial charge in [0.15, 0.2) is 0 Å². The number of nitrogens with one attached hydrogen (secondary N) is 1. The lowest BCUT2D eigenvalue weighted by molar-refractivity contribution is 0.144. The average Bonchev–Trinajstić information content (AvgIpc) is 3.13. The molecule has 2 aliphatic carbocycles.